The SMILES string of the molecule is Cc1ncc(/C=C/C(=O)N2CCOC(CC(=O)O)C2)s1. The molecule has 1 aliphatic heterocycles. The van der Waals surface area contributed by atoms with E-state index < -0.39 is 12.1 Å². The molecule has 2 heterocycles. The summed E-state index contributed by atoms with van der Waals surface area (Å²) in [5.41, 5.74) is 0. The Morgan fingerprint density at radius 3 is 3.10 bits per heavy atom. The number of hydrogen-bond donors (Lipinski definition) is 1. The van der Waals surface area contributed by atoms with Crippen LogP contribution in [0.25, 0.3) is 6.08 Å². The summed E-state index contributed by atoms with van der Waals surface area (Å²) in [7, 11) is 0. The van der Waals surface area contributed by atoms with Crippen molar-refractivity contribution in [1.82, 2.24) is 9.88 Å². The predicted octanol–water partition coefficient (Wildman–Crippen LogP) is 1.17. The average Bonchev–Trinajstić information content (AvgIpc) is 2.81. The zero-order chi connectivity index (χ0) is 14.5. The normalized spacial score (nSPS) is 19.4. The van der Waals surface area contributed by atoms with Crippen molar-refractivity contribution in [2.75, 3.05) is 19.7 Å². The number of carbonyl (C=O) groups excluding carboxylic acids is 1. The van der Waals surface area contributed by atoms with Crippen molar-refractivity contribution in [2.45, 2.75) is 19.4 Å². The molecule has 0 aliphatic carbocycles. The zero-order valence-corrected chi connectivity index (χ0v) is 11.9. The topological polar surface area (TPSA) is 79.7 Å². The third-order valence-electron chi connectivity index (χ3n) is 2.88. The smallest absolute Gasteiger partial charge is 0.306 e. The number of morpholine rings is 1. The van der Waals surface area contributed by atoms with Crippen molar-refractivity contribution in [2.24, 2.45) is 0 Å². The molecule has 1 atom stereocenters. The van der Waals surface area contributed by atoms with E-state index in [0.29, 0.717) is 19.7 Å². The Kier molecular flexibility index (Phi) is 4.86. The van der Waals surface area contributed by atoms with E-state index in [4.69, 9.17) is 9.84 Å². The molecule has 0 radical (unpaired) electrons. The molecule has 1 aromatic heterocycles. The lowest BCUT2D eigenvalue weighted by molar-refractivity contribution is -0.145. The molecule has 1 saturated heterocycles. The second-order valence-electron chi connectivity index (χ2n) is 4.49. The number of aryl methyl sites for hydroxylation is 1. The molecular weight excluding hydrogens is 280 g/mol. The second-order valence-corrected chi connectivity index (χ2v) is 5.76. The third kappa shape index (κ3) is 4.14. The number of hydrogen-bond acceptors (Lipinski definition) is 5. The van der Waals surface area contributed by atoms with Gasteiger partial charge in [-0.2, -0.15) is 0 Å². The maximum atomic E-state index is 12.0. The lowest BCUT2D eigenvalue weighted by Gasteiger charge is -2.31. The van der Waals surface area contributed by atoms with Gasteiger partial charge in [0, 0.05) is 30.2 Å². The Bertz CT molecular complexity index is 526. The summed E-state index contributed by atoms with van der Waals surface area (Å²) in [5.74, 6) is -1.05. The van der Waals surface area contributed by atoms with Gasteiger partial charge >= 0.3 is 5.97 Å². The number of ether oxygens (including phenoxy) is 1. The first-order valence-electron chi connectivity index (χ1n) is 6.27. The van der Waals surface area contributed by atoms with Crippen molar-refractivity contribution in [3.8, 4) is 0 Å². The van der Waals surface area contributed by atoms with E-state index in [-0.39, 0.29) is 12.3 Å². The molecule has 0 aromatic carbocycles. The Morgan fingerprint density at radius 2 is 2.45 bits per heavy atom. The van der Waals surface area contributed by atoms with E-state index in [0.717, 1.165) is 9.88 Å². The number of aliphatic carboxylic acids is 1. The van der Waals surface area contributed by atoms with Gasteiger partial charge in [0.2, 0.25) is 5.91 Å². The molecule has 1 fully saturated rings. The largest absolute Gasteiger partial charge is 0.481 e. The van der Waals surface area contributed by atoms with Gasteiger partial charge in [0.15, 0.2) is 0 Å². The first kappa shape index (κ1) is 14.7. The van der Waals surface area contributed by atoms with Crippen molar-refractivity contribution < 1.29 is 19.4 Å². The summed E-state index contributed by atoms with van der Waals surface area (Å²) in [6.45, 7) is 3.08. The van der Waals surface area contributed by atoms with Crippen LogP contribution >= 0.6 is 11.3 Å². The molecule has 0 spiro atoms. The molecule has 1 aromatic rings. The maximum Gasteiger partial charge on any atom is 0.306 e. The molecule has 1 unspecified atom stereocenters. The van der Waals surface area contributed by atoms with Gasteiger partial charge < -0.3 is 14.7 Å². The van der Waals surface area contributed by atoms with Gasteiger partial charge in [-0.15, -0.1) is 11.3 Å². The molecule has 0 bridgehead atoms. The minimum atomic E-state index is -0.917. The number of amides is 1. The van der Waals surface area contributed by atoms with Crippen LogP contribution in [0.3, 0.4) is 0 Å². The lowest BCUT2D eigenvalue weighted by Crippen LogP contribution is -2.45. The Balaban J connectivity index is 1.91. The summed E-state index contributed by atoms with van der Waals surface area (Å²) in [4.78, 5) is 29.3. The molecule has 108 valence electrons. The van der Waals surface area contributed by atoms with Gasteiger partial charge in [-0.1, -0.05) is 0 Å². The van der Waals surface area contributed by atoms with Gasteiger partial charge in [-0.05, 0) is 13.0 Å². The van der Waals surface area contributed by atoms with Gasteiger partial charge in [-0.25, -0.2) is 4.98 Å². The molecule has 20 heavy (non-hydrogen) atoms. The zero-order valence-electron chi connectivity index (χ0n) is 11.1. The second kappa shape index (κ2) is 6.62. The number of carboxylic acid groups (broad SMARTS) is 1. The van der Waals surface area contributed by atoms with Crippen LogP contribution in [-0.2, 0) is 14.3 Å². The third-order valence-corrected chi connectivity index (χ3v) is 3.76. The highest BCUT2D eigenvalue weighted by molar-refractivity contribution is 7.12. The highest BCUT2D eigenvalue weighted by Gasteiger charge is 2.24. The average molecular weight is 296 g/mol. The number of aromatic nitrogens is 1. The van der Waals surface area contributed by atoms with Crippen molar-refractivity contribution >= 4 is 29.3 Å². The molecule has 7 heteroatoms. The summed E-state index contributed by atoms with van der Waals surface area (Å²) in [6.07, 6.45) is 4.44. The van der Waals surface area contributed by atoms with Crippen LogP contribution in [-0.4, -0.2) is 52.7 Å². The monoisotopic (exact) mass is 296 g/mol. The number of thiazole rings is 1. The molecule has 1 aliphatic rings. The van der Waals surface area contributed by atoms with Crippen LogP contribution in [0.4, 0.5) is 0 Å². The minimum Gasteiger partial charge on any atom is -0.481 e. The van der Waals surface area contributed by atoms with Crippen molar-refractivity contribution in [3.05, 3.63) is 22.2 Å². The molecular formula is C13H16N2O4S. The van der Waals surface area contributed by atoms with E-state index >= 15 is 0 Å². The van der Waals surface area contributed by atoms with E-state index in [2.05, 4.69) is 4.98 Å². The van der Waals surface area contributed by atoms with Crippen LogP contribution in [0.15, 0.2) is 12.3 Å². The minimum absolute atomic E-state index is 0.0818. The van der Waals surface area contributed by atoms with Gasteiger partial charge in [0.05, 0.1) is 24.1 Å². The summed E-state index contributed by atoms with van der Waals surface area (Å²) in [6, 6.07) is 0. The van der Waals surface area contributed by atoms with Gasteiger partial charge in [0.25, 0.3) is 0 Å². The van der Waals surface area contributed by atoms with E-state index in [1.165, 1.54) is 17.4 Å². The van der Waals surface area contributed by atoms with Crippen LogP contribution in [0, 0.1) is 6.92 Å². The summed E-state index contributed by atoms with van der Waals surface area (Å²) >= 11 is 1.51. The van der Waals surface area contributed by atoms with Crippen LogP contribution < -0.4 is 0 Å². The highest BCUT2D eigenvalue weighted by atomic mass is 32.1. The van der Waals surface area contributed by atoms with Crippen molar-refractivity contribution in [1.29, 1.82) is 0 Å². The first-order chi connectivity index (χ1) is 9.54. The number of carbonyl (C=O) groups is 2. The van der Waals surface area contributed by atoms with E-state index in [1.54, 1.807) is 17.2 Å². The number of carboxylic acids is 1. The maximum absolute atomic E-state index is 12.0. The van der Waals surface area contributed by atoms with Crippen molar-refractivity contribution in [3.63, 3.8) is 0 Å². The Labute approximate surface area is 120 Å². The van der Waals surface area contributed by atoms with Crippen LogP contribution in [0.1, 0.15) is 16.3 Å². The Morgan fingerprint density at radius 1 is 1.65 bits per heavy atom. The molecule has 6 nitrogen and oxygen atoms in total. The lowest BCUT2D eigenvalue weighted by atomic mass is 10.2. The van der Waals surface area contributed by atoms with Gasteiger partial charge in [0.1, 0.15) is 0 Å². The first-order valence-corrected chi connectivity index (χ1v) is 7.09. The number of rotatable bonds is 4. The fourth-order valence-electron chi connectivity index (χ4n) is 1.95. The quantitative estimate of drug-likeness (QED) is 0.844. The molecule has 2 rings (SSSR count). The highest BCUT2D eigenvalue weighted by Crippen LogP contribution is 2.14. The fraction of sp³-hybridized carbons (Fsp3) is 0.462. The van der Waals surface area contributed by atoms with Gasteiger partial charge in [-0.3, -0.25) is 9.59 Å². The van der Waals surface area contributed by atoms with E-state index in [1.807, 2.05) is 6.92 Å². The van der Waals surface area contributed by atoms with Crippen LogP contribution in [0.5, 0.6) is 0 Å². The summed E-state index contributed by atoms with van der Waals surface area (Å²) < 4.78 is 5.33. The fourth-order valence-corrected chi connectivity index (χ4v) is 2.64. The summed E-state index contributed by atoms with van der Waals surface area (Å²) in [5, 5.41) is 9.69. The Hall–Kier alpha value is -1.73. The molecule has 1 amide bonds. The predicted molar refractivity (Wildman–Crippen MR) is 74.5 cm³/mol. The van der Waals surface area contributed by atoms with E-state index in [9.17, 15) is 9.59 Å². The standard InChI is InChI=1S/C13H16N2O4S/c1-9-14-7-11(20-9)2-3-12(16)15-4-5-19-10(8-15)6-13(17)18/h2-3,7,10H,4-6,8H2,1H3,(H,17,18)/b3-2+. The van der Waals surface area contributed by atoms with Crippen LogP contribution in [0.2, 0.25) is 0 Å². The number of nitrogens with zero attached hydrogens (tertiary/aromatic N) is 2. The molecule has 0 saturated carbocycles. The molecule has 1 N–H and O–H groups in total.